The Morgan fingerprint density at radius 1 is 1.21 bits per heavy atom. The molecule has 0 aliphatic carbocycles. The minimum absolute atomic E-state index is 0.440. The molecular formula is C9H21O2PS2. The summed E-state index contributed by atoms with van der Waals surface area (Å²) in [7, 11) is 0. The molecule has 2 nitrogen and oxygen atoms in total. The molecule has 5 heteroatoms. The second kappa shape index (κ2) is 7.21. The third kappa shape index (κ3) is 7.22. The molecule has 0 aliphatic heterocycles. The maximum atomic E-state index is 12.1. The van der Waals surface area contributed by atoms with Crippen molar-refractivity contribution < 1.29 is 9.09 Å². The van der Waals surface area contributed by atoms with E-state index in [0.717, 1.165) is 5.75 Å². The highest BCUT2D eigenvalue weighted by Gasteiger charge is 2.23. The fourth-order valence-corrected chi connectivity index (χ4v) is 6.03. The van der Waals surface area contributed by atoms with Crippen LogP contribution in [0.2, 0.25) is 0 Å². The Bertz CT molecular complexity index is 179. The molecule has 0 aromatic carbocycles. The van der Waals surface area contributed by atoms with Gasteiger partial charge in [-0.3, -0.25) is 4.57 Å². The fraction of sp³-hybridized carbons (Fsp3) is 1.00. The molecule has 0 amide bonds. The Kier molecular flexibility index (Phi) is 7.67. The molecule has 0 fully saturated rings. The average Bonchev–Trinajstić information content (AvgIpc) is 2.11. The molecule has 86 valence electrons. The highest BCUT2D eigenvalue weighted by Crippen LogP contribution is 2.69. The second-order valence-corrected chi connectivity index (χ2v) is 11.6. The Morgan fingerprint density at radius 2 is 1.79 bits per heavy atom. The monoisotopic (exact) mass is 256 g/mol. The van der Waals surface area contributed by atoms with E-state index >= 15 is 0 Å². The van der Waals surface area contributed by atoms with Crippen LogP contribution in [0.1, 0.15) is 27.7 Å². The first-order valence-corrected chi connectivity index (χ1v) is 9.89. The summed E-state index contributed by atoms with van der Waals surface area (Å²) in [4.78, 5) is 0. The van der Waals surface area contributed by atoms with Gasteiger partial charge in [-0.05, 0) is 18.1 Å². The van der Waals surface area contributed by atoms with Gasteiger partial charge in [-0.15, -0.1) is 0 Å². The quantitative estimate of drug-likeness (QED) is 0.626. The van der Waals surface area contributed by atoms with Gasteiger partial charge in [0.1, 0.15) is 0 Å². The maximum Gasteiger partial charge on any atom is 0.312 e. The third-order valence-electron chi connectivity index (χ3n) is 1.36. The predicted octanol–water partition coefficient (Wildman–Crippen LogP) is 4.52. The van der Waals surface area contributed by atoms with E-state index in [0.29, 0.717) is 18.4 Å². The van der Waals surface area contributed by atoms with Crippen LogP contribution < -0.4 is 0 Å². The van der Waals surface area contributed by atoms with Gasteiger partial charge in [0.25, 0.3) is 0 Å². The standard InChI is InChI=1S/C9H21O2PS2/c1-8(2)6-11-12(10,13-5)14-7-9(3)4/h8-9H,6-7H2,1-5H3. The first-order valence-electron chi connectivity index (χ1n) is 4.84. The van der Waals surface area contributed by atoms with Crippen molar-refractivity contribution in [3.05, 3.63) is 0 Å². The van der Waals surface area contributed by atoms with Gasteiger partial charge < -0.3 is 4.52 Å². The van der Waals surface area contributed by atoms with Crippen LogP contribution in [-0.2, 0) is 9.09 Å². The van der Waals surface area contributed by atoms with E-state index in [4.69, 9.17) is 4.52 Å². The van der Waals surface area contributed by atoms with E-state index in [1.165, 1.54) is 22.8 Å². The fourth-order valence-electron chi connectivity index (χ4n) is 0.623. The van der Waals surface area contributed by atoms with Crippen LogP contribution in [-0.4, -0.2) is 18.6 Å². The van der Waals surface area contributed by atoms with Gasteiger partial charge in [0.15, 0.2) is 0 Å². The SMILES string of the molecule is CSP(=O)(OCC(C)C)SCC(C)C. The average molecular weight is 256 g/mol. The zero-order valence-corrected chi connectivity index (χ0v) is 12.2. The number of rotatable bonds is 7. The highest BCUT2D eigenvalue weighted by molar-refractivity contribution is 8.89. The van der Waals surface area contributed by atoms with Crippen molar-refractivity contribution in [2.75, 3.05) is 18.6 Å². The lowest BCUT2D eigenvalue weighted by Crippen LogP contribution is -1.99. The van der Waals surface area contributed by atoms with Crippen LogP contribution in [0.25, 0.3) is 0 Å². The molecule has 14 heavy (non-hydrogen) atoms. The third-order valence-corrected chi connectivity index (χ3v) is 9.06. The smallest absolute Gasteiger partial charge is 0.312 e. The molecule has 0 saturated carbocycles. The van der Waals surface area contributed by atoms with Crippen molar-refractivity contribution in [2.45, 2.75) is 27.7 Å². The minimum atomic E-state index is -2.47. The summed E-state index contributed by atoms with van der Waals surface area (Å²) < 4.78 is 17.6. The van der Waals surface area contributed by atoms with Gasteiger partial charge in [0.2, 0.25) is 0 Å². The van der Waals surface area contributed by atoms with Crippen molar-refractivity contribution in [1.29, 1.82) is 0 Å². The Hall–Kier alpha value is 0.890. The topological polar surface area (TPSA) is 26.3 Å². The lowest BCUT2D eigenvalue weighted by Gasteiger charge is -2.17. The summed E-state index contributed by atoms with van der Waals surface area (Å²) in [5.41, 5.74) is 0. The van der Waals surface area contributed by atoms with Gasteiger partial charge in [0, 0.05) is 5.75 Å². The lowest BCUT2D eigenvalue weighted by molar-refractivity contribution is 0.288. The van der Waals surface area contributed by atoms with Crippen LogP contribution in [0.5, 0.6) is 0 Å². The van der Waals surface area contributed by atoms with E-state index in [-0.39, 0.29) is 0 Å². The van der Waals surface area contributed by atoms with E-state index in [1.54, 1.807) is 0 Å². The van der Waals surface area contributed by atoms with E-state index < -0.39 is 5.77 Å². The summed E-state index contributed by atoms with van der Waals surface area (Å²) >= 11 is 2.82. The van der Waals surface area contributed by atoms with Gasteiger partial charge >= 0.3 is 5.77 Å². The summed E-state index contributed by atoms with van der Waals surface area (Å²) in [5.74, 6) is -0.577. The van der Waals surface area contributed by atoms with Gasteiger partial charge in [0.05, 0.1) is 6.61 Å². The summed E-state index contributed by atoms with van der Waals surface area (Å²) in [6.07, 6.45) is 1.86. The normalized spacial score (nSPS) is 16.2. The molecule has 0 saturated heterocycles. The number of hydrogen-bond acceptors (Lipinski definition) is 4. The summed E-state index contributed by atoms with van der Waals surface area (Å²) in [6.45, 7) is 8.97. The first kappa shape index (κ1) is 14.9. The molecule has 0 spiro atoms. The van der Waals surface area contributed by atoms with E-state index in [2.05, 4.69) is 27.7 Å². The molecule has 0 N–H and O–H groups in total. The van der Waals surface area contributed by atoms with Crippen molar-refractivity contribution in [3.63, 3.8) is 0 Å². The zero-order valence-electron chi connectivity index (χ0n) is 9.65. The molecule has 0 aliphatic rings. The van der Waals surface area contributed by atoms with Crippen molar-refractivity contribution in [3.8, 4) is 0 Å². The number of hydrogen-bond donors (Lipinski definition) is 0. The lowest BCUT2D eigenvalue weighted by atomic mass is 10.2. The largest absolute Gasteiger partial charge is 0.313 e. The van der Waals surface area contributed by atoms with Crippen LogP contribution >= 0.6 is 28.5 Å². The molecule has 1 atom stereocenters. The van der Waals surface area contributed by atoms with E-state index in [9.17, 15) is 4.57 Å². The van der Waals surface area contributed by atoms with Crippen LogP contribution in [0, 0.1) is 11.8 Å². The maximum absolute atomic E-state index is 12.1. The Morgan fingerprint density at radius 3 is 2.14 bits per heavy atom. The zero-order chi connectivity index (χ0) is 11.2. The molecule has 0 heterocycles. The van der Waals surface area contributed by atoms with Crippen molar-refractivity contribution >= 4 is 28.5 Å². The second-order valence-electron chi connectivity index (χ2n) is 4.01. The highest BCUT2D eigenvalue weighted by atomic mass is 33.1. The summed E-state index contributed by atoms with van der Waals surface area (Å²) in [5, 5.41) is 0. The van der Waals surface area contributed by atoms with Gasteiger partial charge in [-0.2, -0.15) is 0 Å². The molecule has 0 aromatic heterocycles. The van der Waals surface area contributed by atoms with Gasteiger partial charge in [-0.1, -0.05) is 50.5 Å². The summed E-state index contributed by atoms with van der Waals surface area (Å²) in [6, 6.07) is 0. The van der Waals surface area contributed by atoms with Crippen molar-refractivity contribution in [2.24, 2.45) is 11.8 Å². The van der Waals surface area contributed by atoms with Crippen LogP contribution in [0.4, 0.5) is 0 Å². The van der Waals surface area contributed by atoms with Crippen LogP contribution in [0.15, 0.2) is 0 Å². The van der Waals surface area contributed by atoms with E-state index in [1.807, 2.05) is 6.26 Å². The predicted molar refractivity (Wildman–Crippen MR) is 69.2 cm³/mol. The molecule has 1 unspecified atom stereocenters. The molecule has 0 bridgehead atoms. The molecular weight excluding hydrogens is 235 g/mol. The molecule has 0 aromatic rings. The van der Waals surface area contributed by atoms with Crippen LogP contribution in [0.3, 0.4) is 0 Å². The first-order chi connectivity index (χ1) is 6.39. The Labute approximate surface area is 95.9 Å². The van der Waals surface area contributed by atoms with Gasteiger partial charge in [-0.25, -0.2) is 0 Å². The minimum Gasteiger partial charge on any atom is -0.313 e. The Balaban J connectivity index is 3.98. The molecule has 0 rings (SSSR count). The van der Waals surface area contributed by atoms with Crippen molar-refractivity contribution in [1.82, 2.24) is 0 Å². The molecule has 0 radical (unpaired) electrons.